The van der Waals surface area contributed by atoms with Gasteiger partial charge in [0.05, 0.1) is 17.3 Å². The van der Waals surface area contributed by atoms with Gasteiger partial charge in [-0.25, -0.2) is 10.2 Å². The lowest BCUT2D eigenvalue weighted by Gasteiger charge is -2.08. The lowest BCUT2D eigenvalue weighted by Crippen LogP contribution is -2.18. The fourth-order valence-electron chi connectivity index (χ4n) is 2.63. The number of nitrogens with zero attached hydrogens (tertiary/aromatic N) is 1. The highest BCUT2D eigenvalue weighted by atomic mass is 19.4. The molecule has 0 heterocycles. The third kappa shape index (κ3) is 6.18. The van der Waals surface area contributed by atoms with Crippen LogP contribution in [0.5, 0.6) is 5.75 Å². The van der Waals surface area contributed by atoms with Gasteiger partial charge in [-0.3, -0.25) is 4.79 Å². The maximum Gasteiger partial charge on any atom is 0.416 e. The van der Waals surface area contributed by atoms with Crippen molar-refractivity contribution < 1.29 is 32.6 Å². The number of nitrogens with one attached hydrogen (secondary N) is 1. The van der Waals surface area contributed by atoms with Crippen LogP contribution in [0.2, 0.25) is 0 Å². The zero-order chi connectivity index (χ0) is 23.1. The Balaban J connectivity index is 1.53. The molecule has 32 heavy (non-hydrogen) atoms. The Kier molecular flexibility index (Phi) is 6.89. The molecule has 0 aromatic heterocycles. The predicted molar refractivity (Wildman–Crippen MR) is 111 cm³/mol. The molecule has 0 unspecified atom stereocenters. The number of alkyl halides is 3. The molecule has 0 bridgehead atoms. The number of amides is 1. The summed E-state index contributed by atoms with van der Waals surface area (Å²) in [6, 6.07) is 17.1. The second-order valence-electron chi connectivity index (χ2n) is 6.64. The summed E-state index contributed by atoms with van der Waals surface area (Å²) in [4.78, 5) is 22.9. The quantitative estimate of drug-likeness (QED) is 0.409. The summed E-state index contributed by atoms with van der Waals surface area (Å²) in [6.07, 6.45) is -3.19. The van der Waals surface area contributed by atoms with Gasteiger partial charge in [0.25, 0.3) is 5.91 Å². The van der Waals surface area contributed by atoms with E-state index in [1.165, 1.54) is 24.4 Å². The minimum absolute atomic E-state index is 0.155. The normalized spacial score (nSPS) is 11.3. The summed E-state index contributed by atoms with van der Waals surface area (Å²) in [5.74, 6) is -1.19. The van der Waals surface area contributed by atoms with Gasteiger partial charge in [0, 0.05) is 5.56 Å². The van der Waals surface area contributed by atoms with Crippen LogP contribution in [0.3, 0.4) is 0 Å². The summed E-state index contributed by atoms with van der Waals surface area (Å²) in [7, 11) is 0. The third-order valence-electron chi connectivity index (χ3n) is 4.32. The molecular weight excluding hydrogens is 425 g/mol. The Bertz CT molecular complexity index is 1130. The Morgan fingerprint density at radius 2 is 1.66 bits per heavy atom. The van der Waals surface area contributed by atoms with Crippen LogP contribution in [0, 0.1) is 0 Å². The van der Waals surface area contributed by atoms with Gasteiger partial charge in [0.1, 0.15) is 12.4 Å². The molecule has 0 saturated carbocycles. The highest BCUT2D eigenvalue weighted by Crippen LogP contribution is 2.29. The molecule has 0 aliphatic carbocycles. The van der Waals surface area contributed by atoms with E-state index in [1.807, 2.05) is 0 Å². The number of hydrogen-bond acceptors (Lipinski definition) is 4. The van der Waals surface area contributed by atoms with E-state index in [0.29, 0.717) is 11.3 Å². The van der Waals surface area contributed by atoms with Crippen LogP contribution in [-0.4, -0.2) is 23.2 Å². The third-order valence-corrected chi connectivity index (χ3v) is 4.32. The molecule has 0 radical (unpaired) electrons. The number of ether oxygens (including phenoxy) is 1. The van der Waals surface area contributed by atoms with Gasteiger partial charge in [-0.15, -0.1) is 0 Å². The van der Waals surface area contributed by atoms with Crippen LogP contribution in [0.15, 0.2) is 77.9 Å². The molecule has 164 valence electrons. The van der Waals surface area contributed by atoms with Crippen molar-refractivity contribution in [2.75, 3.05) is 0 Å². The predicted octanol–water partition coefficient (Wildman–Crippen LogP) is 4.75. The molecule has 0 fully saturated rings. The molecule has 1 amide bonds. The summed E-state index contributed by atoms with van der Waals surface area (Å²) in [6.45, 7) is 0.250. The van der Waals surface area contributed by atoms with Crippen molar-refractivity contribution in [1.29, 1.82) is 0 Å². The van der Waals surface area contributed by atoms with Crippen molar-refractivity contribution in [1.82, 2.24) is 5.43 Å². The largest absolute Gasteiger partial charge is 0.489 e. The first-order valence-corrected chi connectivity index (χ1v) is 9.28. The molecule has 3 aromatic carbocycles. The van der Waals surface area contributed by atoms with E-state index >= 15 is 0 Å². The van der Waals surface area contributed by atoms with Crippen LogP contribution in [-0.2, 0) is 12.8 Å². The number of carboxylic acid groups (broad SMARTS) is 1. The SMILES string of the molecule is O=C(O)c1ccc(COc2ccc(C=NNC(=O)c3cccc(C(F)(F)F)c3)cc2)cc1. The van der Waals surface area contributed by atoms with E-state index in [0.717, 1.165) is 23.8 Å². The maximum atomic E-state index is 12.7. The molecule has 0 aliphatic heterocycles. The van der Waals surface area contributed by atoms with Crippen molar-refractivity contribution in [3.63, 3.8) is 0 Å². The van der Waals surface area contributed by atoms with Gasteiger partial charge < -0.3 is 9.84 Å². The van der Waals surface area contributed by atoms with Crippen LogP contribution in [0.4, 0.5) is 13.2 Å². The molecule has 0 spiro atoms. The molecule has 9 heteroatoms. The molecule has 0 atom stereocenters. The number of carboxylic acids is 1. The zero-order valence-electron chi connectivity index (χ0n) is 16.5. The Labute approximate surface area is 181 Å². The first-order valence-electron chi connectivity index (χ1n) is 9.28. The number of halogens is 3. The van der Waals surface area contributed by atoms with Crippen molar-refractivity contribution >= 4 is 18.1 Å². The zero-order valence-corrected chi connectivity index (χ0v) is 16.5. The number of aromatic carboxylic acids is 1. The number of carbonyl (C=O) groups is 2. The van der Waals surface area contributed by atoms with Gasteiger partial charge in [-0.05, 0) is 65.7 Å². The van der Waals surface area contributed by atoms with Crippen molar-refractivity contribution in [2.24, 2.45) is 5.10 Å². The first-order chi connectivity index (χ1) is 15.2. The number of carbonyl (C=O) groups excluding carboxylic acids is 1. The van der Waals surface area contributed by atoms with Gasteiger partial charge in [0.15, 0.2) is 0 Å². The van der Waals surface area contributed by atoms with Gasteiger partial charge in [-0.1, -0.05) is 18.2 Å². The average Bonchev–Trinajstić information content (AvgIpc) is 2.78. The fraction of sp³-hybridized carbons (Fsp3) is 0.0870. The topological polar surface area (TPSA) is 88.0 Å². The first kappa shape index (κ1) is 22.5. The van der Waals surface area contributed by atoms with Crippen LogP contribution in [0.25, 0.3) is 0 Å². The monoisotopic (exact) mass is 442 g/mol. The smallest absolute Gasteiger partial charge is 0.416 e. The number of benzene rings is 3. The molecule has 2 N–H and O–H groups in total. The van der Waals surface area contributed by atoms with Crippen molar-refractivity contribution in [2.45, 2.75) is 12.8 Å². The molecule has 0 aliphatic rings. The lowest BCUT2D eigenvalue weighted by molar-refractivity contribution is -0.137. The van der Waals surface area contributed by atoms with Gasteiger partial charge in [-0.2, -0.15) is 18.3 Å². The van der Waals surface area contributed by atoms with Crippen molar-refractivity contribution in [3.05, 3.63) is 101 Å². The van der Waals surface area contributed by atoms with Gasteiger partial charge in [0.2, 0.25) is 0 Å². The lowest BCUT2D eigenvalue weighted by atomic mass is 10.1. The second-order valence-corrected chi connectivity index (χ2v) is 6.64. The van der Waals surface area contributed by atoms with Gasteiger partial charge >= 0.3 is 12.1 Å². The molecule has 6 nitrogen and oxygen atoms in total. The maximum absolute atomic E-state index is 12.7. The highest BCUT2D eigenvalue weighted by Gasteiger charge is 2.30. The molecule has 0 saturated heterocycles. The average molecular weight is 442 g/mol. The van der Waals surface area contributed by atoms with E-state index in [1.54, 1.807) is 36.4 Å². The summed E-state index contributed by atoms with van der Waals surface area (Å²) in [5, 5.41) is 12.7. The standard InChI is InChI=1S/C23H17F3N2O4/c24-23(25,26)19-3-1-2-18(12-19)21(29)28-27-13-15-6-10-20(11-7-15)32-14-16-4-8-17(9-5-16)22(30)31/h1-13H,14H2,(H,28,29)(H,30,31). The van der Waals surface area contributed by atoms with Crippen molar-refractivity contribution in [3.8, 4) is 5.75 Å². The number of hydrazone groups is 1. The number of rotatable bonds is 7. The van der Waals surface area contributed by atoms with Crippen LogP contribution in [0.1, 0.15) is 37.4 Å². The number of hydrogen-bond donors (Lipinski definition) is 2. The van der Waals surface area contributed by atoms with E-state index in [9.17, 15) is 22.8 Å². The second kappa shape index (κ2) is 9.78. The minimum Gasteiger partial charge on any atom is -0.489 e. The van der Waals surface area contributed by atoms with E-state index in [2.05, 4.69) is 10.5 Å². The van der Waals surface area contributed by atoms with Crippen LogP contribution < -0.4 is 10.2 Å². The van der Waals surface area contributed by atoms with E-state index in [-0.39, 0.29) is 17.7 Å². The van der Waals surface area contributed by atoms with E-state index < -0.39 is 23.6 Å². The van der Waals surface area contributed by atoms with E-state index in [4.69, 9.17) is 9.84 Å². The fourth-order valence-corrected chi connectivity index (χ4v) is 2.63. The molecule has 3 rings (SSSR count). The molecular formula is C23H17F3N2O4. The van der Waals surface area contributed by atoms with Crippen LogP contribution >= 0.6 is 0 Å². The Hall–Kier alpha value is -4.14. The summed E-state index contributed by atoms with van der Waals surface area (Å²) >= 11 is 0. The summed E-state index contributed by atoms with van der Waals surface area (Å²) in [5.41, 5.74) is 2.75. The minimum atomic E-state index is -4.54. The molecule has 3 aromatic rings. The Morgan fingerprint density at radius 1 is 0.969 bits per heavy atom. The highest BCUT2D eigenvalue weighted by molar-refractivity contribution is 5.95. The summed E-state index contributed by atoms with van der Waals surface area (Å²) < 4.78 is 43.9. The Morgan fingerprint density at radius 3 is 2.28 bits per heavy atom.